The molecule has 0 aliphatic heterocycles. The first-order valence-corrected chi connectivity index (χ1v) is 7.25. The molecule has 0 radical (unpaired) electrons. The average molecular weight is 309 g/mol. The first-order chi connectivity index (χ1) is 11.0. The van der Waals surface area contributed by atoms with E-state index < -0.39 is 0 Å². The van der Waals surface area contributed by atoms with Crippen molar-refractivity contribution in [3.05, 3.63) is 53.7 Å². The molecule has 2 aromatic rings. The van der Waals surface area contributed by atoms with Crippen molar-refractivity contribution in [2.45, 2.75) is 13.8 Å². The summed E-state index contributed by atoms with van der Waals surface area (Å²) in [5.41, 5.74) is 8.40. The van der Waals surface area contributed by atoms with E-state index in [-0.39, 0.29) is 11.7 Å². The summed E-state index contributed by atoms with van der Waals surface area (Å²) in [7, 11) is 0. The molecule has 0 fully saturated rings. The predicted molar refractivity (Wildman–Crippen MR) is 89.1 cm³/mol. The van der Waals surface area contributed by atoms with Gasteiger partial charge in [-0.3, -0.25) is 4.79 Å². The number of carbonyl (C=O) groups is 1. The molecule has 2 N–H and O–H groups in total. The molecule has 0 unspecified atom stereocenters. The highest BCUT2D eigenvalue weighted by Gasteiger charge is 2.15. The Bertz CT molecular complexity index is 767. The quantitative estimate of drug-likeness (QED) is 0.859. The second-order valence-corrected chi connectivity index (χ2v) is 5.29. The number of amides is 1. The Morgan fingerprint density at radius 1 is 1.43 bits per heavy atom. The zero-order valence-corrected chi connectivity index (χ0v) is 13.3. The van der Waals surface area contributed by atoms with Crippen LogP contribution in [0.4, 0.5) is 5.82 Å². The van der Waals surface area contributed by atoms with Crippen LogP contribution in [0.5, 0.6) is 0 Å². The Labute approximate surface area is 135 Å². The van der Waals surface area contributed by atoms with Crippen LogP contribution in [0.3, 0.4) is 0 Å². The zero-order chi connectivity index (χ0) is 17.0. The van der Waals surface area contributed by atoms with Gasteiger partial charge in [-0.2, -0.15) is 10.4 Å². The number of nitrogens with two attached hydrogens (primary N) is 1. The smallest absolute Gasteiger partial charge is 0.254 e. The van der Waals surface area contributed by atoms with Crippen molar-refractivity contribution in [3.63, 3.8) is 0 Å². The van der Waals surface area contributed by atoms with Crippen molar-refractivity contribution in [3.8, 4) is 11.8 Å². The summed E-state index contributed by atoms with van der Waals surface area (Å²) >= 11 is 0. The van der Waals surface area contributed by atoms with Crippen LogP contribution in [0.25, 0.3) is 5.69 Å². The standard InChI is InChI=1S/C17H19N5O/c1-4-21(11-12(2)3)17(23)13-5-7-15(8-6-13)22-16(19)14(9-18)10-20-22/h5-8,10H,2,4,11,19H2,1,3H3. The maximum atomic E-state index is 12.5. The third kappa shape index (κ3) is 3.40. The summed E-state index contributed by atoms with van der Waals surface area (Å²) in [5.74, 6) is 0.234. The fourth-order valence-electron chi connectivity index (χ4n) is 2.23. The molecule has 0 bridgehead atoms. The van der Waals surface area contributed by atoms with E-state index in [1.54, 1.807) is 29.2 Å². The molecule has 0 atom stereocenters. The number of aromatic nitrogens is 2. The van der Waals surface area contributed by atoms with E-state index in [0.29, 0.717) is 29.9 Å². The van der Waals surface area contributed by atoms with E-state index in [9.17, 15) is 4.79 Å². The molecule has 0 saturated carbocycles. The summed E-state index contributed by atoms with van der Waals surface area (Å²) in [5, 5.41) is 13.0. The van der Waals surface area contributed by atoms with Crippen molar-refractivity contribution in [2.24, 2.45) is 0 Å². The lowest BCUT2D eigenvalue weighted by Crippen LogP contribution is -2.32. The van der Waals surface area contributed by atoms with Gasteiger partial charge < -0.3 is 10.6 Å². The number of nitrogen functional groups attached to an aromatic ring is 1. The summed E-state index contributed by atoms with van der Waals surface area (Å²) in [4.78, 5) is 14.2. The van der Waals surface area contributed by atoms with Crippen molar-refractivity contribution in [1.82, 2.24) is 14.7 Å². The minimum Gasteiger partial charge on any atom is -0.382 e. The fraction of sp³-hybridized carbons (Fsp3) is 0.235. The minimum absolute atomic E-state index is 0.0480. The van der Waals surface area contributed by atoms with Crippen LogP contribution in [0.2, 0.25) is 0 Å². The Balaban J connectivity index is 2.25. The third-order valence-electron chi connectivity index (χ3n) is 3.42. The largest absolute Gasteiger partial charge is 0.382 e. The maximum absolute atomic E-state index is 12.5. The predicted octanol–water partition coefficient (Wildman–Crippen LogP) is 2.36. The number of nitrogens with zero attached hydrogens (tertiary/aromatic N) is 4. The lowest BCUT2D eigenvalue weighted by atomic mass is 10.1. The molecular formula is C17H19N5O. The molecule has 2 rings (SSSR count). The second kappa shape index (κ2) is 6.79. The number of rotatable bonds is 5. The molecule has 118 valence electrons. The highest BCUT2D eigenvalue weighted by Crippen LogP contribution is 2.17. The van der Waals surface area contributed by atoms with Crippen molar-refractivity contribution >= 4 is 11.7 Å². The molecule has 1 aromatic carbocycles. The molecule has 0 aliphatic carbocycles. The van der Waals surface area contributed by atoms with Gasteiger partial charge in [-0.05, 0) is 38.1 Å². The number of hydrogen-bond donors (Lipinski definition) is 1. The highest BCUT2D eigenvalue weighted by atomic mass is 16.2. The van der Waals surface area contributed by atoms with Crippen LogP contribution in [-0.4, -0.2) is 33.7 Å². The van der Waals surface area contributed by atoms with Gasteiger partial charge in [-0.15, -0.1) is 0 Å². The molecule has 1 aromatic heterocycles. The van der Waals surface area contributed by atoms with Gasteiger partial charge in [0.2, 0.25) is 0 Å². The van der Waals surface area contributed by atoms with Crippen LogP contribution in [0, 0.1) is 11.3 Å². The number of benzene rings is 1. The van der Waals surface area contributed by atoms with Gasteiger partial charge in [0.15, 0.2) is 0 Å². The topological polar surface area (TPSA) is 87.9 Å². The summed E-state index contributed by atoms with van der Waals surface area (Å²) in [6, 6.07) is 8.95. The highest BCUT2D eigenvalue weighted by molar-refractivity contribution is 5.94. The van der Waals surface area contributed by atoms with Crippen molar-refractivity contribution in [2.75, 3.05) is 18.8 Å². The summed E-state index contributed by atoms with van der Waals surface area (Å²) in [6.45, 7) is 8.83. The molecule has 0 spiro atoms. The Kier molecular flexibility index (Phi) is 4.82. The van der Waals surface area contributed by atoms with E-state index in [1.165, 1.54) is 10.9 Å². The second-order valence-electron chi connectivity index (χ2n) is 5.29. The van der Waals surface area contributed by atoms with Gasteiger partial charge in [-0.1, -0.05) is 12.2 Å². The number of hydrogen-bond acceptors (Lipinski definition) is 4. The molecule has 0 saturated heterocycles. The number of nitriles is 1. The molecule has 6 heteroatoms. The third-order valence-corrected chi connectivity index (χ3v) is 3.42. The van der Waals surface area contributed by atoms with Crippen LogP contribution in [-0.2, 0) is 0 Å². The SMILES string of the molecule is C=C(C)CN(CC)C(=O)c1ccc(-n2ncc(C#N)c2N)cc1. The zero-order valence-electron chi connectivity index (χ0n) is 13.3. The molecular weight excluding hydrogens is 290 g/mol. The average Bonchev–Trinajstić information content (AvgIpc) is 2.92. The van der Waals surface area contributed by atoms with E-state index in [0.717, 1.165) is 5.57 Å². The molecule has 1 heterocycles. The molecule has 1 amide bonds. The van der Waals surface area contributed by atoms with Gasteiger partial charge in [0.05, 0.1) is 11.9 Å². The van der Waals surface area contributed by atoms with Gasteiger partial charge >= 0.3 is 0 Å². The maximum Gasteiger partial charge on any atom is 0.254 e. The molecule has 23 heavy (non-hydrogen) atoms. The van der Waals surface area contributed by atoms with Crippen LogP contribution < -0.4 is 5.73 Å². The Morgan fingerprint density at radius 3 is 2.57 bits per heavy atom. The van der Waals surface area contributed by atoms with Crippen molar-refractivity contribution in [1.29, 1.82) is 5.26 Å². The van der Waals surface area contributed by atoms with Gasteiger partial charge in [-0.25, -0.2) is 4.68 Å². The van der Waals surface area contributed by atoms with E-state index in [1.807, 2.05) is 19.9 Å². The molecule has 6 nitrogen and oxygen atoms in total. The van der Waals surface area contributed by atoms with E-state index in [2.05, 4.69) is 11.7 Å². The lowest BCUT2D eigenvalue weighted by Gasteiger charge is -2.21. The Hall–Kier alpha value is -3.07. The normalized spacial score (nSPS) is 10.1. The fourth-order valence-corrected chi connectivity index (χ4v) is 2.23. The number of carbonyl (C=O) groups excluding carboxylic acids is 1. The van der Waals surface area contributed by atoms with Crippen molar-refractivity contribution < 1.29 is 4.79 Å². The van der Waals surface area contributed by atoms with Crippen LogP contribution in [0.15, 0.2) is 42.6 Å². The monoisotopic (exact) mass is 309 g/mol. The first kappa shape index (κ1) is 16.3. The van der Waals surface area contributed by atoms with E-state index >= 15 is 0 Å². The van der Waals surface area contributed by atoms with Gasteiger partial charge in [0.25, 0.3) is 5.91 Å². The first-order valence-electron chi connectivity index (χ1n) is 7.25. The summed E-state index contributed by atoms with van der Waals surface area (Å²) in [6.07, 6.45) is 1.42. The minimum atomic E-state index is -0.0480. The molecule has 0 aliphatic rings. The lowest BCUT2D eigenvalue weighted by molar-refractivity contribution is 0.0778. The number of anilines is 1. The van der Waals surface area contributed by atoms with Gasteiger partial charge in [0, 0.05) is 18.7 Å². The Morgan fingerprint density at radius 2 is 2.09 bits per heavy atom. The summed E-state index contributed by atoms with van der Waals surface area (Å²) < 4.78 is 1.47. The van der Waals surface area contributed by atoms with Crippen LogP contribution in [0.1, 0.15) is 29.8 Å². The number of likely N-dealkylation sites (N-methyl/N-ethyl adjacent to an activating group) is 1. The van der Waals surface area contributed by atoms with Gasteiger partial charge in [0.1, 0.15) is 17.5 Å². The van der Waals surface area contributed by atoms with Crippen LogP contribution >= 0.6 is 0 Å². The van der Waals surface area contributed by atoms with E-state index in [4.69, 9.17) is 11.0 Å².